The summed E-state index contributed by atoms with van der Waals surface area (Å²) in [6, 6.07) is 5.35. The van der Waals surface area contributed by atoms with Gasteiger partial charge in [-0.15, -0.1) is 0 Å². The van der Waals surface area contributed by atoms with Gasteiger partial charge in [0.25, 0.3) is 0 Å². The lowest BCUT2D eigenvalue weighted by atomic mass is 10.0. The minimum absolute atomic E-state index is 0.0214. The monoisotopic (exact) mass is 469 g/mol. The standard InChI is InChI=1S/C22H11F8N3/c23-15-1-2-16(18(24)8-15)17-3-4-31-10-20(17)33-11-32-9-19(33)12-5-13(21(25,26)27)7-14(6-12)22(28,29)30/h1-11H. The van der Waals surface area contributed by atoms with Crippen LogP contribution in [0.4, 0.5) is 35.1 Å². The van der Waals surface area contributed by atoms with Gasteiger partial charge in [-0.3, -0.25) is 9.55 Å². The average molecular weight is 469 g/mol. The van der Waals surface area contributed by atoms with Crippen molar-refractivity contribution in [3.8, 4) is 28.1 Å². The first kappa shape index (κ1) is 22.4. The number of nitrogens with zero attached hydrogens (tertiary/aromatic N) is 3. The number of benzene rings is 2. The van der Waals surface area contributed by atoms with Crippen molar-refractivity contribution in [1.29, 1.82) is 0 Å². The van der Waals surface area contributed by atoms with E-state index in [1.807, 2.05) is 0 Å². The molecule has 0 aliphatic heterocycles. The van der Waals surface area contributed by atoms with Crippen LogP contribution in [0.3, 0.4) is 0 Å². The first-order valence-electron chi connectivity index (χ1n) is 9.17. The van der Waals surface area contributed by atoms with E-state index in [1.165, 1.54) is 23.0 Å². The molecule has 0 saturated heterocycles. The Labute approximate surface area is 181 Å². The van der Waals surface area contributed by atoms with Gasteiger partial charge in [-0.25, -0.2) is 13.8 Å². The van der Waals surface area contributed by atoms with Crippen molar-refractivity contribution < 1.29 is 35.1 Å². The van der Waals surface area contributed by atoms with Crippen LogP contribution in [0.2, 0.25) is 0 Å². The summed E-state index contributed by atoms with van der Waals surface area (Å²) in [5, 5.41) is 0. The van der Waals surface area contributed by atoms with Gasteiger partial charge in [0.15, 0.2) is 0 Å². The Bertz CT molecular complexity index is 1290. The van der Waals surface area contributed by atoms with Crippen molar-refractivity contribution in [2.45, 2.75) is 12.4 Å². The Kier molecular flexibility index (Phi) is 5.43. The van der Waals surface area contributed by atoms with Gasteiger partial charge in [0.05, 0.1) is 41.2 Å². The number of hydrogen-bond acceptors (Lipinski definition) is 2. The van der Waals surface area contributed by atoms with E-state index in [-0.39, 0.29) is 28.6 Å². The molecule has 11 heteroatoms. The number of hydrogen-bond donors (Lipinski definition) is 0. The summed E-state index contributed by atoms with van der Waals surface area (Å²) in [5.74, 6) is -1.73. The van der Waals surface area contributed by atoms with Gasteiger partial charge in [0.1, 0.15) is 11.6 Å². The lowest BCUT2D eigenvalue weighted by Gasteiger charge is -2.17. The third-order valence-corrected chi connectivity index (χ3v) is 4.80. The highest BCUT2D eigenvalue weighted by atomic mass is 19.4. The largest absolute Gasteiger partial charge is 0.416 e. The third kappa shape index (κ3) is 4.43. The molecule has 0 radical (unpaired) electrons. The molecule has 33 heavy (non-hydrogen) atoms. The second kappa shape index (κ2) is 7.98. The molecule has 0 bridgehead atoms. The van der Waals surface area contributed by atoms with Crippen molar-refractivity contribution in [3.05, 3.63) is 90.1 Å². The predicted molar refractivity (Wildman–Crippen MR) is 102 cm³/mol. The van der Waals surface area contributed by atoms with Crippen LogP contribution < -0.4 is 0 Å². The molecule has 170 valence electrons. The summed E-state index contributed by atoms with van der Waals surface area (Å²) in [5.41, 5.74) is -3.28. The normalized spacial score (nSPS) is 12.2. The lowest BCUT2D eigenvalue weighted by molar-refractivity contribution is -0.143. The Morgan fingerprint density at radius 1 is 0.697 bits per heavy atom. The van der Waals surface area contributed by atoms with Crippen LogP contribution in [0.15, 0.2) is 67.4 Å². The quantitative estimate of drug-likeness (QED) is 0.305. The summed E-state index contributed by atoms with van der Waals surface area (Å²) in [4.78, 5) is 7.77. The maximum atomic E-state index is 14.4. The predicted octanol–water partition coefficient (Wildman–Crippen LogP) is 6.92. The van der Waals surface area contributed by atoms with Crippen LogP contribution in [0, 0.1) is 11.6 Å². The minimum Gasteiger partial charge on any atom is -0.297 e. The molecule has 0 N–H and O–H groups in total. The van der Waals surface area contributed by atoms with Gasteiger partial charge in [-0.2, -0.15) is 26.3 Å². The summed E-state index contributed by atoms with van der Waals surface area (Å²) in [7, 11) is 0. The van der Waals surface area contributed by atoms with E-state index < -0.39 is 40.7 Å². The molecule has 2 aromatic heterocycles. The number of alkyl halides is 6. The first-order chi connectivity index (χ1) is 15.4. The smallest absolute Gasteiger partial charge is 0.297 e. The average Bonchev–Trinajstić information content (AvgIpc) is 3.22. The molecule has 4 aromatic rings. The van der Waals surface area contributed by atoms with Crippen LogP contribution >= 0.6 is 0 Å². The molecule has 4 rings (SSSR count). The highest BCUT2D eigenvalue weighted by Gasteiger charge is 2.37. The van der Waals surface area contributed by atoms with E-state index in [1.54, 1.807) is 0 Å². The summed E-state index contributed by atoms with van der Waals surface area (Å²) >= 11 is 0. The van der Waals surface area contributed by atoms with E-state index in [0.717, 1.165) is 24.7 Å². The maximum Gasteiger partial charge on any atom is 0.416 e. The van der Waals surface area contributed by atoms with Gasteiger partial charge in [-0.05, 0) is 36.4 Å². The molecule has 0 saturated carbocycles. The van der Waals surface area contributed by atoms with Crippen molar-refractivity contribution in [1.82, 2.24) is 14.5 Å². The van der Waals surface area contributed by atoms with E-state index >= 15 is 0 Å². The topological polar surface area (TPSA) is 30.7 Å². The zero-order valence-corrected chi connectivity index (χ0v) is 16.2. The highest BCUT2D eigenvalue weighted by molar-refractivity contribution is 5.75. The Morgan fingerprint density at radius 3 is 1.97 bits per heavy atom. The van der Waals surface area contributed by atoms with Crippen molar-refractivity contribution in [3.63, 3.8) is 0 Å². The molecule has 0 aliphatic carbocycles. The fourth-order valence-electron chi connectivity index (χ4n) is 3.32. The molecular formula is C22H11F8N3. The van der Waals surface area contributed by atoms with Crippen LogP contribution in [0.25, 0.3) is 28.1 Å². The van der Waals surface area contributed by atoms with Crippen LogP contribution in [0.5, 0.6) is 0 Å². The molecule has 3 nitrogen and oxygen atoms in total. The van der Waals surface area contributed by atoms with Crippen LogP contribution in [-0.2, 0) is 12.4 Å². The van der Waals surface area contributed by atoms with Gasteiger partial charge in [0, 0.05) is 29.0 Å². The number of aromatic nitrogens is 3. The van der Waals surface area contributed by atoms with Crippen LogP contribution in [-0.4, -0.2) is 14.5 Å². The molecule has 0 spiro atoms. The lowest BCUT2D eigenvalue weighted by Crippen LogP contribution is -2.11. The maximum absolute atomic E-state index is 14.4. The van der Waals surface area contributed by atoms with Crippen LogP contribution in [0.1, 0.15) is 11.1 Å². The van der Waals surface area contributed by atoms with Crippen molar-refractivity contribution in [2.24, 2.45) is 0 Å². The Balaban J connectivity index is 1.93. The van der Waals surface area contributed by atoms with E-state index in [9.17, 15) is 35.1 Å². The third-order valence-electron chi connectivity index (χ3n) is 4.80. The van der Waals surface area contributed by atoms with E-state index in [2.05, 4.69) is 9.97 Å². The molecular weight excluding hydrogens is 458 g/mol. The molecule has 2 heterocycles. The number of halogens is 8. The summed E-state index contributed by atoms with van der Waals surface area (Å²) in [6.07, 6.45) is -5.29. The fraction of sp³-hybridized carbons (Fsp3) is 0.0909. The molecule has 0 atom stereocenters. The SMILES string of the molecule is Fc1ccc(-c2ccncc2-n2cncc2-c2cc(C(F)(F)F)cc(C(F)(F)F)c2)c(F)c1. The Hall–Kier alpha value is -3.76. The van der Waals surface area contributed by atoms with Gasteiger partial charge in [-0.1, -0.05) is 0 Å². The zero-order valence-electron chi connectivity index (χ0n) is 16.2. The van der Waals surface area contributed by atoms with Crippen molar-refractivity contribution >= 4 is 0 Å². The fourth-order valence-corrected chi connectivity index (χ4v) is 3.32. The van der Waals surface area contributed by atoms with Gasteiger partial charge >= 0.3 is 12.4 Å². The second-order valence-corrected chi connectivity index (χ2v) is 6.96. The van der Waals surface area contributed by atoms with Gasteiger partial charge < -0.3 is 0 Å². The second-order valence-electron chi connectivity index (χ2n) is 6.96. The molecule has 0 aliphatic rings. The molecule has 0 fully saturated rings. The zero-order chi connectivity index (χ0) is 24.0. The van der Waals surface area contributed by atoms with Crippen molar-refractivity contribution in [2.75, 3.05) is 0 Å². The highest BCUT2D eigenvalue weighted by Crippen LogP contribution is 2.39. The van der Waals surface area contributed by atoms with Gasteiger partial charge in [0.2, 0.25) is 0 Å². The summed E-state index contributed by atoms with van der Waals surface area (Å²) < 4.78 is 109. The first-order valence-corrected chi connectivity index (χ1v) is 9.17. The molecule has 0 amide bonds. The molecule has 2 aromatic carbocycles. The Morgan fingerprint density at radius 2 is 1.36 bits per heavy atom. The number of rotatable bonds is 3. The summed E-state index contributed by atoms with van der Waals surface area (Å²) in [6.45, 7) is 0. The van der Waals surface area contributed by atoms with E-state index in [4.69, 9.17) is 0 Å². The van der Waals surface area contributed by atoms with E-state index in [0.29, 0.717) is 18.2 Å². The minimum atomic E-state index is -5.03. The number of imidazole rings is 1. The number of pyridine rings is 1. The molecule has 0 unspecified atom stereocenters.